The summed E-state index contributed by atoms with van der Waals surface area (Å²) in [5, 5.41) is 4.48. The third-order valence-electron chi connectivity index (χ3n) is 16.7. The topological polar surface area (TPSA) is 228 Å². The number of fused-ring (bicyclic) bond motifs is 2. The van der Waals surface area contributed by atoms with Gasteiger partial charge in [0.25, 0.3) is 0 Å². The number of esters is 2. The Hall–Kier alpha value is -8.87. The number of amides is 1. The number of nitrogens with zero attached hydrogens (tertiary/aromatic N) is 6. The van der Waals surface area contributed by atoms with E-state index < -0.39 is 17.3 Å². The zero-order valence-corrected chi connectivity index (χ0v) is 54.3. The SMILES string of the molecule is C[C@@H]1C[C@H](CC(=O)OC(C)(C)C)CN(c2ccncc2CC(=O)c2nc3cc(C4=CCOCC4)ccc3cc2N)C1.C[C@@H]1C[C@H](CC(=O)OC(C)(C)C)CN(c2ccncc2CC(=O)c2nc3cc(C4=CCOCC4)ccc3cc2NC(=O)OCc2ccccc2)C1. The van der Waals surface area contributed by atoms with Crippen LogP contribution in [0.3, 0.4) is 0 Å². The van der Waals surface area contributed by atoms with Crippen molar-refractivity contribution in [2.24, 2.45) is 23.7 Å². The van der Waals surface area contributed by atoms with Gasteiger partial charge in [0, 0.05) is 97.1 Å². The number of aromatic nitrogens is 4. The average molecular weight is 1250 g/mol. The van der Waals surface area contributed by atoms with Crippen molar-refractivity contribution in [2.75, 3.05) is 73.5 Å². The van der Waals surface area contributed by atoms with Crippen molar-refractivity contribution in [2.45, 2.75) is 125 Å². The third-order valence-corrected chi connectivity index (χ3v) is 16.7. The minimum absolute atomic E-state index is 0.0131. The van der Waals surface area contributed by atoms with Gasteiger partial charge in [0.1, 0.15) is 29.2 Å². The van der Waals surface area contributed by atoms with Crippen molar-refractivity contribution in [3.8, 4) is 0 Å². The van der Waals surface area contributed by atoms with Crippen LogP contribution in [0.1, 0.15) is 143 Å². The zero-order chi connectivity index (χ0) is 65.1. The number of pyridine rings is 4. The number of nitrogens with one attached hydrogen (secondary N) is 1. The molecule has 4 aliphatic rings. The predicted octanol–water partition coefficient (Wildman–Crippen LogP) is 13.4. The number of ketones is 2. The van der Waals surface area contributed by atoms with Crippen LogP contribution >= 0.6 is 0 Å². The third kappa shape index (κ3) is 18.0. The summed E-state index contributed by atoms with van der Waals surface area (Å²) >= 11 is 0. The fourth-order valence-corrected chi connectivity index (χ4v) is 12.9. The number of carbonyl (C=O) groups is 5. The number of hydrogen-bond donors (Lipinski definition) is 2. The Morgan fingerprint density at radius 2 is 1.10 bits per heavy atom. The second-order valence-corrected chi connectivity index (χ2v) is 26.9. The van der Waals surface area contributed by atoms with Crippen molar-refractivity contribution in [3.05, 3.63) is 167 Å². The van der Waals surface area contributed by atoms with Gasteiger partial charge in [0.15, 0.2) is 11.6 Å². The van der Waals surface area contributed by atoms with Gasteiger partial charge in [-0.2, -0.15) is 0 Å². The Morgan fingerprint density at radius 1 is 0.609 bits per heavy atom. The summed E-state index contributed by atoms with van der Waals surface area (Å²) in [4.78, 5) is 89.1. The molecule has 2 fully saturated rings. The molecule has 0 spiro atoms. The van der Waals surface area contributed by atoms with E-state index in [0.717, 1.165) is 101 Å². The van der Waals surface area contributed by atoms with Gasteiger partial charge >= 0.3 is 18.0 Å². The lowest BCUT2D eigenvalue weighted by atomic mass is 9.87. The molecule has 1 amide bonds. The predicted molar refractivity (Wildman–Crippen MR) is 359 cm³/mol. The number of carbonyl (C=O) groups excluding carboxylic acids is 5. The number of piperidine rings is 2. The van der Waals surface area contributed by atoms with Gasteiger partial charge in [-0.1, -0.05) is 80.6 Å². The Kier molecular flexibility index (Phi) is 21.3. The molecule has 4 atom stereocenters. The van der Waals surface area contributed by atoms with Crippen LogP contribution in [0.15, 0.2) is 128 Å². The van der Waals surface area contributed by atoms with Crippen LogP contribution in [0.5, 0.6) is 0 Å². The van der Waals surface area contributed by atoms with E-state index in [-0.39, 0.29) is 71.9 Å². The van der Waals surface area contributed by atoms with Crippen LogP contribution in [0.2, 0.25) is 0 Å². The van der Waals surface area contributed by atoms with Crippen molar-refractivity contribution in [1.82, 2.24) is 19.9 Å². The van der Waals surface area contributed by atoms with Crippen LogP contribution in [-0.4, -0.2) is 113 Å². The van der Waals surface area contributed by atoms with E-state index in [1.165, 1.54) is 11.1 Å². The van der Waals surface area contributed by atoms with Gasteiger partial charge in [-0.3, -0.25) is 34.5 Å². The van der Waals surface area contributed by atoms with Crippen LogP contribution in [-0.2, 0) is 52.7 Å². The fourth-order valence-electron chi connectivity index (χ4n) is 12.9. The number of benzene rings is 3. The molecule has 7 aromatic rings. The summed E-state index contributed by atoms with van der Waals surface area (Å²) in [6.07, 6.45) is 14.8. The maximum absolute atomic E-state index is 14.3. The van der Waals surface area contributed by atoms with Crippen LogP contribution < -0.4 is 20.9 Å². The first-order chi connectivity index (χ1) is 44.1. The highest BCUT2D eigenvalue weighted by atomic mass is 16.6. The molecule has 2 saturated heterocycles. The second-order valence-electron chi connectivity index (χ2n) is 26.9. The molecule has 11 rings (SSSR count). The van der Waals surface area contributed by atoms with Gasteiger partial charge < -0.3 is 39.2 Å². The summed E-state index contributed by atoms with van der Waals surface area (Å²) in [6.45, 7) is 21.3. The highest BCUT2D eigenvalue weighted by Crippen LogP contribution is 2.36. The lowest BCUT2D eigenvalue weighted by molar-refractivity contribution is -0.157. The van der Waals surface area contributed by atoms with Gasteiger partial charge in [-0.25, -0.2) is 14.8 Å². The summed E-state index contributed by atoms with van der Waals surface area (Å²) in [7, 11) is 0. The minimum Gasteiger partial charge on any atom is -0.460 e. The molecule has 4 aromatic heterocycles. The molecule has 3 N–H and O–H groups in total. The zero-order valence-electron chi connectivity index (χ0n) is 54.3. The van der Waals surface area contributed by atoms with Gasteiger partial charge in [0.2, 0.25) is 0 Å². The number of ether oxygens (including phenoxy) is 5. The van der Waals surface area contributed by atoms with Crippen molar-refractivity contribution < 1.29 is 47.7 Å². The quantitative estimate of drug-likeness (QED) is 0.0491. The molecule has 482 valence electrons. The molecule has 4 aliphatic heterocycles. The fraction of sp³-hybridized carbons (Fsp3) is 0.419. The molecular formula is C74H86N8O10. The average Bonchev–Trinajstić information content (AvgIpc) is 0.826. The highest BCUT2D eigenvalue weighted by molar-refractivity contribution is 6.07. The van der Waals surface area contributed by atoms with Gasteiger partial charge in [-0.15, -0.1) is 0 Å². The summed E-state index contributed by atoms with van der Waals surface area (Å²) in [5.74, 6) is 0.223. The van der Waals surface area contributed by atoms with Crippen molar-refractivity contribution in [3.63, 3.8) is 0 Å². The van der Waals surface area contributed by atoms with E-state index in [0.29, 0.717) is 68.9 Å². The van der Waals surface area contributed by atoms with Gasteiger partial charge in [0.05, 0.1) is 61.7 Å². The van der Waals surface area contributed by atoms with Crippen molar-refractivity contribution in [1.29, 1.82) is 0 Å². The molecule has 0 unspecified atom stereocenters. The molecule has 8 heterocycles. The van der Waals surface area contributed by atoms with E-state index in [9.17, 15) is 24.0 Å². The smallest absolute Gasteiger partial charge is 0.412 e. The lowest BCUT2D eigenvalue weighted by Crippen LogP contribution is -2.41. The van der Waals surface area contributed by atoms with Crippen molar-refractivity contribution >= 4 is 85.3 Å². The summed E-state index contributed by atoms with van der Waals surface area (Å²) in [5.41, 5.74) is 16.5. The Balaban J connectivity index is 0.000000206. The molecule has 18 nitrogen and oxygen atoms in total. The highest BCUT2D eigenvalue weighted by Gasteiger charge is 2.33. The number of nitrogens with two attached hydrogens (primary N) is 1. The van der Waals surface area contributed by atoms with E-state index in [1.54, 1.807) is 30.9 Å². The molecule has 18 heteroatoms. The summed E-state index contributed by atoms with van der Waals surface area (Å²) in [6, 6.07) is 28.9. The molecule has 0 aliphatic carbocycles. The first-order valence-corrected chi connectivity index (χ1v) is 32.1. The summed E-state index contributed by atoms with van der Waals surface area (Å²) < 4.78 is 27.7. The van der Waals surface area contributed by atoms with E-state index >= 15 is 0 Å². The van der Waals surface area contributed by atoms with Crippen LogP contribution in [0.4, 0.5) is 27.5 Å². The molecule has 92 heavy (non-hydrogen) atoms. The largest absolute Gasteiger partial charge is 0.460 e. The molecule has 0 bridgehead atoms. The first kappa shape index (κ1) is 66.1. The Morgan fingerprint density at radius 3 is 1.59 bits per heavy atom. The monoisotopic (exact) mass is 1250 g/mol. The van der Waals surface area contributed by atoms with Crippen LogP contribution in [0.25, 0.3) is 33.0 Å². The number of nitrogen functional groups attached to an aromatic ring is 1. The van der Waals surface area contributed by atoms with E-state index in [4.69, 9.17) is 39.4 Å². The molecule has 0 saturated carbocycles. The lowest BCUT2D eigenvalue weighted by Gasteiger charge is -2.38. The number of rotatable bonds is 17. The molecule has 3 aromatic carbocycles. The van der Waals surface area contributed by atoms with E-state index in [2.05, 4.69) is 57.2 Å². The maximum Gasteiger partial charge on any atom is 0.412 e. The molecule has 0 radical (unpaired) electrons. The second kappa shape index (κ2) is 29.6. The van der Waals surface area contributed by atoms with Crippen LogP contribution in [0, 0.1) is 23.7 Å². The Labute approximate surface area is 539 Å². The number of hydrogen-bond acceptors (Lipinski definition) is 17. The number of anilines is 4. The minimum atomic E-state index is -0.682. The normalized spacial score (nSPS) is 18.6. The van der Waals surface area contributed by atoms with E-state index in [1.807, 2.05) is 120 Å². The number of Topliss-reactive ketones (excluding diaryl/α,β-unsaturated/α-hetero) is 2. The Bertz CT molecular complexity index is 3890. The van der Waals surface area contributed by atoms with Gasteiger partial charge in [-0.05, 0) is 155 Å². The standard InChI is InChI=1S/C41H46N4O6.C33H40N4O4/c1-27-18-29(19-38(47)51-41(2,3)4)25-45(24-27)36-12-15-42-23-33(36)22-37(46)39-35(44-40(48)50-26-28-8-6-5-7-9-28)21-32-11-10-31(20-34(32)43-39)30-13-16-49-17-14-30;1-21-13-22(14-31(39)41-33(2,3)4)20-37(19-21)29-7-10-35-18-26(29)17-30(38)32-27(34)15-25-6-5-24(16-28(25)36-32)23-8-11-40-12-9-23/h5-13,15,20-21,23,27,29H,14,16-19,22,24-26H2,1-4H3,(H,44,48);5-8,10,15-16,18,21-22H,9,11-14,17,19-20,34H2,1-4H3/t27-,29-;21-,22-/m11/s1. The molecular weight excluding hydrogens is 1160 g/mol. The maximum atomic E-state index is 14.3. The first-order valence-electron chi connectivity index (χ1n) is 32.1.